The van der Waals surface area contributed by atoms with Crippen LogP contribution in [0, 0.1) is 23.4 Å². The molecule has 5 rings (SSSR count). The third kappa shape index (κ3) is 3.55. The topological polar surface area (TPSA) is 70.2 Å². The van der Waals surface area contributed by atoms with Gasteiger partial charge in [0.05, 0.1) is 23.6 Å². The second-order valence-corrected chi connectivity index (χ2v) is 8.47. The maximum absolute atomic E-state index is 15.0. The van der Waals surface area contributed by atoms with Gasteiger partial charge in [-0.1, -0.05) is 6.07 Å². The Hall–Kier alpha value is -2.91. The monoisotopic (exact) mass is 444 g/mol. The smallest absolute Gasteiger partial charge is 0.272 e. The van der Waals surface area contributed by atoms with Crippen molar-refractivity contribution in [1.82, 2.24) is 15.1 Å². The van der Waals surface area contributed by atoms with Gasteiger partial charge >= 0.3 is 0 Å². The van der Waals surface area contributed by atoms with E-state index >= 15 is 0 Å². The lowest BCUT2D eigenvalue weighted by Gasteiger charge is -2.38. The Morgan fingerprint density at radius 3 is 2.81 bits per heavy atom. The molecule has 1 fully saturated rings. The zero-order valence-corrected chi connectivity index (χ0v) is 17.5. The number of likely N-dealkylation sites (tertiary alicyclic amines) is 1. The molecule has 0 radical (unpaired) electrons. The minimum atomic E-state index is -0.678. The van der Waals surface area contributed by atoms with Crippen LogP contribution in [0.25, 0.3) is 10.8 Å². The molecule has 3 atom stereocenters. The highest BCUT2D eigenvalue weighted by Crippen LogP contribution is 2.44. The SMILES string of the molecule is COCCN1CC[C@@H]([C@@H]2Nc3cc(F)cc4c(=O)[nH]nc(c34)[C@H]2c2ccc(F)cc2F)C1. The van der Waals surface area contributed by atoms with Gasteiger partial charge in [-0.05, 0) is 42.6 Å². The number of nitrogens with zero attached hydrogens (tertiary/aromatic N) is 2. The van der Waals surface area contributed by atoms with Gasteiger partial charge < -0.3 is 15.0 Å². The molecule has 2 aliphatic heterocycles. The van der Waals surface area contributed by atoms with Gasteiger partial charge in [-0.15, -0.1) is 0 Å². The molecule has 2 aromatic carbocycles. The maximum atomic E-state index is 15.0. The summed E-state index contributed by atoms with van der Waals surface area (Å²) in [6.07, 6.45) is 0.845. The molecule has 9 heteroatoms. The Morgan fingerprint density at radius 2 is 2.03 bits per heavy atom. The number of methoxy groups -OCH3 is 1. The van der Waals surface area contributed by atoms with E-state index in [9.17, 15) is 18.0 Å². The molecular formula is C23H23F3N4O2. The van der Waals surface area contributed by atoms with Crippen molar-refractivity contribution in [3.63, 3.8) is 0 Å². The van der Waals surface area contributed by atoms with E-state index in [2.05, 4.69) is 20.4 Å². The van der Waals surface area contributed by atoms with Gasteiger partial charge in [0, 0.05) is 43.4 Å². The van der Waals surface area contributed by atoms with Gasteiger partial charge in [0.25, 0.3) is 5.56 Å². The predicted molar refractivity (Wildman–Crippen MR) is 114 cm³/mol. The zero-order chi connectivity index (χ0) is 22.4. The summed E-state index contributed by atoms with van der Waals surface area (Å²) in [5.74, 6) is -2.37. The minimum absolute atomic E-state index is 0.0986. The van der Waals surface area contributed by atoms with Crippen molar-refractivity contribution in [3.8, 4) is 0 Å². The fourth-order valence-corrected chi connectivity index (χ4v) is 5.12. The normalized spacial score (nSPS) is 22.9. The van der Waals surface area contributed by atoms with Gasteiger partial charge in [0.2, 0.25) is 0 Å². The van der Waals surface area contributed by atoms with E-state index in [1.807, 2.05) is 0 Å². The van der Waals surface area contributed by atoms with Crippen LogP contribution in [0.1, 0.15) is 23.6 Å². The first kappa shape index (κ1) is 21.0. The molecule has 0 aliphatic carbocycles. The lowest BCUT2D eigenvalue weighted by Crippen LogP contribution is -2.41. The summed E-state index contributed by atoms with van der Waals surface area (Å²) in [7, 11) is 1.65. The van der Waals surface area contributed by atoms with Crippen LogP contribution in [0.3, 0.4) is 0 Å². The van der Waals surface area contributed by atoms with Crippen LogP contribution in [0.4, 0.5) is 18.9 Å². The molecule has 0 saturated carbocycles. The number of hydrogen-bond acceptors (Lipinski definition) is 5. The fraction of sp³-hybridized carbons (Fsp3) is 0.391. The van der Waals surface area contributed by atoms with E-state index in [0.29, 0.717) is 23.4 Å². The van der Waals surface area contributed by atoms with Gasteiger partial charge in [-0.3, -0.25) is 4.79 Å². The lowest BCUT2D eigenvalue weighted by atomic mass is 9.77. The first-order chi connectivity index (χ1) is 15.5. The average Bonchev–Trinajstić information content (AvgIpc) is 3.23. The molecule has 0 unspecified atom stereocenters. The molecule has 1 aromatic heterocycles. The summed E-state index contributed by atoms with van der Waals surface area (Å²) in [5.41, 5.74) is 0.691. The Balaban J connectivity index is 1.65. The Bertz CT molecular complexity index is 1230. The first-order valence-corrected chi connectivity index (χ1v) is 10.6. The molecule has 3 heterocycles. The summed E-state index contributed by atoms with van der Waals surface area (Å²) in [4.78, 5) is 14.6. The van der Waals surface area contributed by atoms with Crippen LogP contribution in [-0.2, 0) is 4.74 Å². The van der Waals surface area contributed by atoms with Crippen LogP contribution >= 0.6 is 0 Å². The summed E-state index contributed by atoms with van der Waals surface area (Å²) < 4.78 is 48.2. The number of ether oxygens (including phenoxy) is 1. The quantitative estimate of drug-likeness (QED) is 0.633. The molecule has 3 aromatic rings. The second-order valence-electron chi connectivity index (χ2n) is 8.47. The number of aromatic nitrogens is 2. The highest BCUT2D eigenvalue weighted by atomic mass is 19.1. The molecule has 168 valence electrons. The van der Waals surface area contributed by atoms with Crippen LogP contribution in [0.15, 0.2) is 35.1 Å². The van der Waals surface area contributed by atoms with E-state index in [0.717, 1.165) is 38.2 Å². The summed E-state index contributed by atoms with van der Waals surface area (Å²) in [6.45, 7) is 2.99. The van der Waals surface area contributed by atoms with Crippen LogP contribution in [-0.4, -0.2) is 54.5 Å². The highest BCUT2D eigenvalue weighted by molar-refractivity contribution is 5.97. The Kier molecular flexibility index (Phi) is 5.38. The molecule has 2 N–H and O–H groups in total. The van der Waals surface area contributed by atoms with Gasteiger partial charge in [-0.2, -0.15) is 5.10 Å². The number of aromatic amines is 1. The number of halogens is 3. The van der Waals surface area contributed by atoms with Crippen molar-refractivity contribution >= 4 is 16.5 Å². The molecule has 0 spiro atoms. The van der Waals surface area contributed by atoms with Crippen LogP contribution in [0.5, 0.6) is 0 Å². The second kappa shape index (κ2) is 8.22. The molecule has 0 amide bonds. The van der Waals surface area contributed by atoms with Crippen molar-refractivity contribution in [2.75, 3.05) is 38.7 Å². The number of nitrogens with one attached hydrogen (secondary N) is 2. The molecule has 0 bridgehead atoms. The number of benzene rings is 2. The van der Waals surface area contributed by atoms with E-state index in [-0.39, 0.29) is 22.9 Å². The van der Waals surface area contributed by atoms with Crippen molar-refractivity contribution < 1.29 is 17.9 Å². The van der Waals surface area contributed by atoms with E-state index < -0.39 is 28.9 Å². The van der Waals surface area contributed by atoms with Gasteiger partial charge in [0.15, 0.2) is 0 Å². The average molecular weight is 444 g/mol. The van der Waals surface area contributed by atoms with Gasteiger partial charge in [-0.25, -0.2) is 18.3 Å². The lowest BCUT2D eigenvalue weighted by molar-refractivity contribution is 0.158. The predicted octanol–water partition coefficient (Wildman–Crippen LogP) is 3.23. The summed E-state index contributed by atoms with van der Waals surface area (Å²) >= 11 is 0. The molecule has 32 heavy (non-hydrogen) atoms. The summed E-state index contributed by atoms with van der Waals surface area (Å²) in [5, 5.41) is 10.7. The highest BCUT2D eigenvalue weighted by Gasteiger charge is 2.41. The molecule has 6 nitrogen and oxygen atoms in total. The maximum Gasteiger partial charge on any atom is 0.272 e. The number of rotatable bonds is 5. The van der Waals surface area contributed by atoms with E-state index in [1.54, 1.807) is 7.11 Å². The standard InChI is InChI=1S/C23H23F3N4O2/c1-32-7-6-30-5-4-12(11-30)21-20(15-3-2-13(24)9-17(15)26)22-19-16(23(31)29-28-22)8-14(25)10-18(19)27-21/h2-3,8-10,12,20-21,27H,4-7,11H2,1H3,(H,29,31)/t12-,20+,21+/m1/s1. The molecule has 2 aliphatic rings. The minimum Gasteiger partial charge on any atom is -0.383 e. The number of anilines is 1. The largest absolute Gasteiger partial charge is 0.383 e. The molecular weight excluding hydrogens is 421 g/mol. The third-order valence-corrected chi connectivity index (χ3v) is 6.58. The number of H-pyrrole nitrogens is 1. The first-order valence-electron chi connectivity index (χ1n) is 10.6. The van der Waals surface area contributed by atoms with E-state index in [4.69, 9.17) is 4.74 Å². The summed E-state index contributed by atoms with van der Waals surface area (Å²) in [6, 6.07) is 5.68. The van der Waals surface area contributed by atoms with Crippen molar-refractivity contribution in [1.29, 1.82) is 0 Å². The van der Waals surface area contributed by atoms with E-state index in [1.165, 1.54) is 18.2 Å². The molecule has 1 saturated heterocycles. The fourth-order valence-electron chi connectivity index (χ4n) is 5.12. The third-order valence-electron chi connectivity index (χ3n) is 6.58. The van der Waals surface area contributed by atoms with Crippen molar-refractivity contribution in [2.24, 2.45) is 5.92 Å². The number of hydrogen-bond donors (Lipinski definition) is 2. The Morgan fingerprint density at radius 1 is 1.19 bits per heavy atom. The zero-order valence-electron chi connectivity index (χ0n) is 17.5. The van der Waals surface area contributed by atoms with Crippen molar-refractivity contribution in [2.45, 2.75) is 18.4 Å². The Labute approximate surface area is 182 Å². The van der Waals surface area contributed by atoms with Crippen LogP contribution in [0.2, 0.25) is 0 Å². The van der Waals surface area contributed by atoms with Crippen molar-refractivity contribution in [3.05, 3.63) is 69.4 Å². The van der Waals surface area contributed by atoms with Gasteiger partial charge in [0.1, 0.15) is 17.5 Å². The van der Waals surface area contributed by atoms with Crippen LogP contribution < -0.4 is 10.9 Å².